The molecular formula is C45H35N5. The predicted octanol–water partition coefficient (Wildman–Crippen LogP) is 9.79. The highest BCUT2D eigenvalue weighted by atomic mass is 15.0. The van der Waals surface area contributed by atoms with Gasteiger partial charge in [-0.05, 0) is 100 Å². The van der Waals surface area contributed by atoms with Crippen LogP contribution in [0.15, 0.2) is 162 Å². The first kappa shape index (κ1) is 31.9. The Balaban J connectivity index is 1.40. The Morgan fingerprint density at radius 3 is 2.40 bits per heavy atom. The quantitative estimate of drug-likeness (QED) is 0.135. The Hall–Kier alpha value is -6.69. The molecule has 0 saturated carbocycles. The number of rotatable bonds is 8. The second-order valence-corrected chi connectivity index (χ2v) is 12.5. The van der Waals surface area contributed by atoms with E-state index in [1.165, 1.54) is 23.0 Å². The van der Waals surface area contributed by atoms with E-state index < -0.39 is 0 Å². The number of hydrogen-bond acceptors (Lipinski definition) is 4. The molecular weight excluding hydrogens is 611 g/mol. The third-order valence-corrected chi connectivity index (χ3v) is 9.65. The molecule has 5 nitrogen and oxygen atoms in total. The van der Waals surface area contributed by atoms with E-state index in [1.807, 2.05) is 43.4 Å². The van der Waals surface area contributed by atoms with Crippen LogP contribution in [0.5, 0.6) is 0 Å². The van der Waals surface area contributed by atoms with Crippen molar-refractivity contribution in [3.63, 3.8) is 0 Å². The maximum Gasteiger partial charge on any atom is 0.101 e. The van der Waals surface area contributed by atoms with Gasteiger partial charge in [-0.15, -0.1) is 0 Å². The van der Waals surface area contributed by atoms with Crippen molar-refractivity contribution in [2.45, 2.75) is 19.3 Å². The van der Waals surface area contributed by atoms with E-state index in [-0.39, 0.29) is 5.92 Å². The first-order valence-corrected chi connectivity index (χ1v) is 16.6. The minimum Gasteiger partial charge on any atom is -0.404 e. The average Bonchev–Trinajstić information content (AvgIpc) is 3.79. The molecule has 1 aromatic heterocycles. The highest BCUT2D eigenvalue weighted by molar-refractivity contribution is 6.11. The summed E-state index contributed by atoms with van der Waals surface area (Å²) in [6, 6.07) is 38.5. The fraction of sp³-hybridized carbons (Fsp3) is 0.0889. The summed E-state index contributed by atoms with van der Waals surface area (Å²) in [6.45, 7) is 11.0. The van der Waals surface area contributed by atoms with Crippen LogP contribution in [-0.4, -0.2) is 16.8 Å². The van der Waals surface area contributed by atoms with Crippen molar-refractivity contribution in [1.82, 2.24) is 4.57 Å². The molecule has 0 amide bonds. The van der Waals surface area contributed by atoms with Crippen LogP contribution in [0.1, 0.15) is 40.8 Å². The highest BCUT2D eigenvalue weighted by Crippen LogP contribution is 2.47. The van der Waals surface area contributed by atoms with Gasteiger partial charge in [0.15, 0.2) is 0 Å². The lowest BCUT2D eigenvalue weighted by molar-refractivity contribution is 0.755. The largest absolute Gasteiger partial charge is 0.404 e. The lowest BCUT2D eigenvalue weighted by Gasteiger charge is -2.28. The normalized spacial score (nSPS) is 15.9. The molecule has 5 heteroatoms. The van der Waals surface area contributed by atoms with Gasteiger partial charge in [0.1, 0.15) is 6.07 Å². The molecule has 2 heterocycles. The van der Waals surface area contributed by atoms with Gasteiger partial charge < -0.3 is 10.3 Å². The van der Waals surface area contributed by atoms with Gasteiger partial charge in [-0.1, -0.05) is 92.0 Å². The highest BCUT2D eigenvalue weighted by Gasteiger charge is 2.32. The zero-order chi connectivity index (χ0) is 34.8. The van der Waals surface area contributed by atoms with E-state index in [4.69, 9.17) is 5.73 Å². The minimum atomic E-state index is 0.0351. The SMILES string of the molecule is C=CC1=C(C=C)C(c2cccc(C3=NCC(C#N)=C3)c2)Cc2c1c1ccc(-c3cccc(/C(C)=C/C(C#N)=C\N)c3)cc1n2-c1ccccc1. The predicted molar refractivity (Wildman–Crippen MR) is 206 cm³/mol. The lowest BCUT2D eigenvalue weighted by atomic mass is 9.76. The smallest absolute Gasteiger partial charge is 0.101 e. The Morgan fingerprint density at radius 1 is 0.900 bits per heavy atom. The average molecular weight is 646 g/mol. The summed E-state index contributed by atoms with van der Waals surface area (Å²) in [7, 11) is 0. The zero-order valence-corrected chi connectivity index (χ0v) is 27.9. The van der Waals surface area contributed by atoms with Crippen LogP contribution in [0.4, 0.5) is 0 Å². The molecule has 0 bridgehead atoms. The summed E-state index contributed by atoms with van der Waals surface area (Å²) >= 11 is 0. The van der Waals surface area contributed by atoms with Gasteiger partial charge in [0.2, 0.25) is 0 Å². The van der Waals surface area contributed by atoms with Crippen LogP contribution in [0.2, 0.25) is 0 Å². The molecule has 50 heavy (non-hydrogen) atoms. The molecule has 7 rings (SSSR count). The Morgan fingerprint density at radius 2 is 1.68 bits per heavy atom. The van der Waals surface area contributed by atoms with E-state index in [0.717, 1.165) is 67.7 Å². The summed E-state index contributed by atoms with van der Waals surface area (Å²) in [5.74, 6) is 0.0351. The number of fused-ring (bicyclic) bond motifs is 3. The van der Waals surface area contributed by atoms with Gasteiger partial charge in [-0.2, -0.15) is 10.5 Å². The monoisotopic (exact) mass is 645 g/mol. The maximum absolute atomic E-state index is 9.41. The van der Waals surface area contributed by atoms with Crippen molar-refractivity contribution in [2.75, 3.05) is 6.54 Å². The third kappa shape index (κ3) is 5.62. The Bertz CT molecular complexity index is 2450. The molecule has 240 valence electrons. The molecule has 1 aliphatic carbocycles. The summed E-state index contributed by atoms with van der Waals surface area (Å²) in [5.41, 5.74) is 20.7. The molecule has 4 aromatic carbocycles. The topological polar surface area (TPSA) is 90.9 Å². The minimum absolute atomic E-state index is 0.0351. The van der Waals surface area contributed by atoms with E-state index in [1.54, 1.807) is 0 Å². The molecule has 0 spiro atoms. The Kier molecular flexibility index (Phi) is 8.57. The van der Waals surface area contributed by atoms with Crippen LogP contribution in [0.25, 0.3) is 38.9 Å². The first-order valence-electron chi connectivity index (χ1n) is 16.6. The zero-order valence-electron chi connectivity index (χ0n) is 27.9. The summed E-state index contributed by atoms with van der Waals surface area (Å²) in [4.78, 5) is 4.63. The van der Waals surface area contributed by atoms with E-state index in [9.17, 15) is 10.5 Å². The number of benzene rings is 4. The van der Waals surface area contributed by atoms with Gasteiger partial charge >= 0.3 is 0 Å². The third-order valence-electron chi connectivity index (χ3n) is 9.65. The van der Waals surface area contributed by atoms with Crippen LogP contribution >= 0.6 is 0 Å². The van der Waals surface area contributed by atoms with Crippen molar-refractivity contribution in [1.29, 1.82) is 10.5 Å². The van der Waals surface area contributed by atoms with Crippen LogP contribution in [0.3, 0.4) is 0 Å². The van der Waals surface area contributed by atoms with Crippen molar-refractivity contribution in [2.24, 2.45) is 10.7 Å². The van der Waals surface area contributed by atoms with Crippen molar-refractivity contribution in [3.05, 3.63) is 185 Å². The molecule has 0 radical (unpaired) electrons. The van der Waals surface area contributed by atoms with Crippen LogP contribution in [0, 0.1) is 22.7 Å². The second kappa shape index (κ2) is 13.4. The standard InChI is InChI=1S/C45H35N5/c1-4-38-39(5-2)45-40-18-17-34(33-12-9-11-32(21-33)29(3)19-30(25-46)26-47)23-43(40)50(37-15-7-6-8-16-37)44(45)24-41(38)35-13-10-14-36(22-35)42-20-31(27-48)28-49-42/h4-23,25,41H,1-2,24,28,46H2,3H3/b29-19+,30-25+. The number of nitriles is 2. The number of aromatic nitrogens is 1. The number of allylic oxidation sites excluding steroid dienone is 8. The maximum atomic E-state index is 9.41. The van der Waals surface area contributed by atoms with Crippen molar-refractivity contribution < 1.29 is 0 Å². The summed E-state index contributed by atoms with van der Waals surface area (Å²) in [6.07, 6.45) is 9.75. The van der Waals surface area contributed by atoms with E-state index in [2.05, 4.69) is 120 Å². The molecule has 0 saturated heterocycles. The van der Waals surface area contributed by atoms with Crippen molar-refractivity contribution >= 4 is 27.8 Å². The Labute approximate surface area is 293 Å². The number of nitrogens with zero attached hydrogens (tertiary/aromatic N) is 4. The number of aliphatic imine (C=N–C) groups is 1. The van der Waals surface area contributed by atoms with Gasteiger partial charge in [0.25, 0.3) is 0 Å². The number of para-hydroxylation sites is 1. The fourth-order valence-corrected chi connectivity index (χ4v) is 7.25. The first-order chi connectivity index (χ1) is 24.5. The van der Waals surface area contributed by atoms with Gasteiger partial charge in [-0.3, -0.25) is 4.99 Å². The molecule has 1 unspecified atom stereocenters. The lowest BCUT2D eigenvalue weighted by Crippen LogP contribution is -2.16. The van der Waals surface area contributed by atoms with Crippen LogP contribution < -0.4 is 5.73 Å². The summed E-state index contributed by atoms with van der Waals surface area (Å²) in [5, 5.41) is 20.0. The van der Waals surface area contributed by atoms with Crippen LogP contribution in [-0.2, 0) is 6.42 Å². The molecule has 0 fully saturated rings. The number of hydrogen-bond donors (Lipinski definition) is 1. The van der Waals surface area contributed by atoms with Crippen molar-refractivity contribution in [3.8, 4) is 29.0 Å². The molecule has 2 aliphatic rings. The molecule has 5 aromatic rings. The molecule has 2 N–H and O–H groups in total. The van der Waals surface area contributed by atoms with Gasteiger partial charge in [0.05, 0.1) is 35.0 Å². The molecule has 1 aliphatic heterocycles. The number of nitrogens with two attached hydrogens (primary N) is 1. The fourth-order valence-electron chi connectivity index (χ4n) is 7.25. The van der Waals surface area contributed by atoms with Gasteiger partial charge in [0, 0.05) is 34.4 Å². The molecule has 1 atom stereocenters. The van der Waals surface area contributed by atoms with E-state index >= 15 is 0 Å². The van der Waals surface area contributed by atoms with Gasteiger partial charge in [-0.25, -0.2) is 0 Å². The van der Waals surface area contributed by atoms with E-state index in [0.29, 0.717) is 17.7 Å². The second-order valence-electron chi connectivity index (χ2n) is 12.5. The summed E-state index contributed by atoms with van der Waals surface area (Å²) < 4.78 is 2.40.